The molecule has 80 valence electrons. The molecule has 1 atom stereocenters. The highest BCUT2D eigenvalue weighted by Crippen LogP contribution is 2.48. The predicted molar refractivity (Wildman–Crippen MR) is 65.2 cm³/mol. The van der Waals surface area contributed by atoms with Crippen LogP contribution < -0.4 is 0 Å². The molecule has 0 aromatic heterocycles. The van der Waals surface area contributed by atoms with Crippen LogP contribution in [0.4, 0.5) is 0 Å². The zero-order valence-corrected chi connectivity index (χ0v) is 10.2. The maximum absolute atomic E-state index is 11.5. The fourth-order valence-electron chi connectivity index (χ4n) is 2.14. The minimum atomic E-state index is 0.0480. The van der Waals surface area contributed by atoms with Crippen molar-refractivity contribution in [2.24, 2.45) is 0 Å². The van der Waals surface area contributed by atoms with E-state index < -0.39 is 0 Å². The van der Waals surface area contributed by atoms with Crippen LogP contribution in [0.25, 0.3) is 0 Å². The Labute approximate surface area is 95.3 Å². The lowest BCUT2D eigenvalue weighted by atomic mass is 9.85. The molecule has 0 N–H and O–H groups in total. The lowest BCUT2D eigenvalue weighted by molar-refractivity contribution is -0.110. The third-order valence-electron chi connectivity index (χ3n) is 3.07. The fourth-order valence-corrected chi connectivity index (χ4v) is 3.34. The Hall–Kier alpha value is -0.760. The molecular formula is C13H16OS. The van der Waals surface area contributed by atoms with Gasteiger partial charge in [-0.25, -0.2) is 0 Å². The van der Waals surface area contributed by atoms with E-state index in [1.54, 1.807) is 0 Å². The van der Waals surface area contributed by atoms with E-state index in [-0.39, 0.29) is 4.75 Å². The Balaban J connectivity index is 2.31. The Morgan fingerprint density at radius 1 is 1.27 bits per heavy atom. The number of carbonyl (C=O) groups excluding carboxylic acids is 1. The third kappa shape index (κ3) is 2.10. The Morgan fingerprint density at radius 3 is 2.33 bits per heavy atom. The van der Waals surface area contributed by atoms with Gasteiger partial charge in [-0.2, -0.15) is 0 Å². The predicted octanol–water partition coefficient (Wildman–Crippen LogP) is 3.52. The fraction of sp³-hybridized carbons (Fsp3) is 0.462. The number of aryl methyl sites for hydroxylation is 1. The van der Waals surface area contributed by atoms with Gasteiger partial charge in [0.25, 0.3) is 0 Å². The van der Waals surface area contributed by atoms with Crippen molar-refractivity contribution in [1.29, 1.82) is 0 Å². The number of thioether (sulfide) groups is 1. The number of carbonyl (C=O) groups is 1. The summed E-state index contributed by atoms with van der Waals surface area (Å²) in [6, 6.07) is 8.56. The van der Waals surface area contributed by atoms with E-state index in [1.165, 1.54) is 22.9 Å². The summed E-state index contributed by atoms with van der Waals surface area (Å²) < 4.78 is 0.0480. The van der Waals surface area contributed by atoms with E-state index in [4.69, 9.17) is 0 Å². The number of benzene rings is 1. The molecule has 2 heteroatoms. The molecule has 2 rings (SSSR count). The van der Waals surface area contributed by atoms with Gasteiger partial charge < -0.3 is 0 Å². The Bertz CT molecular complexity index is 378. The molecule has 15 heavy (non-hydrogen) atoms. The van der Waals surface area contributed by atoms with Gasteiger partial charge in [-0.1, -0.05) is 41.6 Å². The first-order valence-corrected chi connectivity index (χ1v) is 6.09. The van der Waals surface area contributed by atoms with Gasteiger partial charge in [0.05, 0.1) is 0 Å². The van der Waals surface area contributed by atoms with Gasteiger partial charge in [-0.15, -0.1) is 0 Å². The van der Waals surface area contributed by atoms with Crippen LogP contribution in [0.1, 0.15) is 37.3 Å². The lowest BCUT2D eigenvalue weighted by Gasteiger charge is -2.25. The maximum Gasteiger partial charge on any atom is 0.190 e. The van der Waals surface area contributed by atoms with Gasteiger partial charge in [0.1, 0.15) is 0 Å². The van der Waals surface area contributed by atoms with Crippen molar-refractivity contribution in [2.75, 3.05) is 0 Å². The van der Waals surface area contributed by atoms with E-state index in [0.29, 0.717) is 17.5 Å². The van der Waals surface area contributed by atoms with Crippen LogP contribution in [0.15, 0.2) is 24.3 Å². The van der Waals surface area contributed by atoms with Gasteiger partial charge in [0.2, 0.25) is 0 Å². The summed E-state index contributed by atoms with van der Waals surface area (Å²) in [4.78, 5) is 11.5. The summed E-state index contributed by atoms with van der Waals surface area (Å²) >= 11 is 1.49. The summed E-state index contributed by atoms with van der Waals surface area (Å²) in [5, 5.41) is 0.325. The second-order valence-electron chi connectivity index (χ2n) is 4.74. The summed E-state index contributed by atoms with van der Waals surface area (Å²) in [5.74, 6) is 0.371. The van der Waals surface area contributed by atoms with Gasteiger partial charge in [0, 0.05) is 17.1 Å². The van der Waals surface area contributed by atoms with E-state index in [0.717, 1.165) is 0 Å². The van der Waals surface area contributed by atoms with Crippen LogP contribution >= 0.6 is 11.8 Å². The molecule has 1 fully saturated rings. The van der Waals surface area contributed by atoms with E-state index in [9.17, 15) is 4.79 Å². The molecule has 0 amide bonds. The molecule has 1 aromatic rings. The molecule has 1 aromatic carbocycles. The van der Waals surface area contributed by atoms with Crippen LogP contribution in [0, 0.1) is 6.92 Å². The molecule has 0 spiro atoms. The molecule has 0 aliphatic carbocycles. The topological polar surface area (TPSA) is 17.1 Å². The van der Waals surface area contributed by atoms with Crippen molar-refractivity contribution in [3.05, 3.63) is 35.4 Å². The monoisotopic (exact) mass is 220 g/mol. The van der Waals surface area contributed by atoms with Crippen LogP contribution in [-0.2, 0) is 4.79 Å². The van der Waals surface area contributed by atoms with E-state index >= 15 is 0 Å². The van der Waals surface area contributed by atoms with E-state index in [1.807, 2.05) is 0 Å². The first-order valence-electron chi connectivity index (χ1n) is 5.27. The van der Waals surface area contributed by atoms with Crippen LogP contribution in [0.3, 0.4) is 0 Å². The maximum atomic E-state index is 11.5. The number of hydrogen-bond acceptors (Lipinski definition) is 2. The first kappa shape index (κ1) is 10.7. The van der Waals surface area contributed by atoms with Crippen molar-refractivity contribution in [1.82, 2.24) is 0 Å². The normalized spacial score (nSPS) is 24.5. The molecule has 1 unspecified atom stereocenters. The minimum absolute atomic E-state index is 0.0480. The van der Waals surface area contributed by atoms with Crippen LogP contribution in [0.2, 0.25) is 0 Å². The molecule has 1 aliphatic rings. The summed E-state index contributed by atoms with van der Waals surface area (Å²) in [6.45, 7) is 6.41. The number of hydrogen-bond donors (Lipinski definition) is 0. The SMILES string of the molecule is Cc1ccc(C2CC(=O)SC2(C)C)cc1. The highest BCUT2D eigenvalue weighted by Gasteiger charge is 2.41. The summed E-state index contributed by atoms with van der Waals surface area (Å²) in [7, 11) is 0. The van der Waals surface area contributed by atoms with Gasteiger partial charge in [-0.3, -0.25) is 4.79 Å². The zero-order chi connectivity index (χ0) is 11.1. The van der Waals surface area contributed by atoms with Gasteiger partial charge in [-0.05, 0) is 26.3 Å². The molecule has 0 radical (unpaired) electrons. The van der Waals surface area contributed by atoms with E-state index in [2.05, 4.69) is 45.0 Å². The highest BCUT2D eigenvalue weighted by atomic mass is 32.2. The quantitative estimate of drug-likeness (QED) is 0.720. The summed E-state index contributed by atoms with van der Waals surface area (Å²) in [5.41, 5.74) is 2.57. The molecule has 1 nitrogen and oxygen atoms in total. The molecule has 1 aliphatic heterocycles. The molecule has 0 bridgehead atoms. The second-order valence-corrected chi connectivity index (χ2v) is 6.46. The summed E-state index contributed by atoms with van der Waals surface area (Å²) in [6.07, 6.45) is 0.681. The van der Waals surface area contributed by atoms with Crippen molar-refractivity contribution in [2.45, 2.75) is 37.9 Å². The van der Waals surface area contributed by atoms with Crippen molar-refractivity contribution < 1.29 is 4.79 Å². The molecule has 1 saturated heterocycles. The molecular weight excluding hydrogens is 204 g/mol. The second kappa shape index (κ2) is 3.67. The van der Waals surface area contributed by atoms with Crippen LogP contribution in [-0.4, -0.2) is 9.86 Å². The largest absolute Gasteiger partial charge is 0.287 e. The van der Waals surface area contributed by atoms with Crippen LogP contribution in [0.5, 0.6) is 0 Å². The Morgan fingerprint density at radius 2 is 1.87 bits per heavy atom. The minimum Gasteiger partial charge on any atom is -0.287 e. The third-order valence-corrected chi connectivity index (χ3v) is 4.27. The first-order chi connectivity index (χ1) is 6.99. The average Bonchev–Trinajstić information content (AvgIpc) is 2.41. The molecule has 1 heterocycles. The van der Waals surface area contributed by atoms with Gasteiger partial charge >= 0.3 is 0 Å². The zero-order valence-electron chi connectivity index (χ0n) is 9.41. The van der Waals surface area contributed by atoms with Crippen molar-refractivity contribution >= 4 is 16.9 Å². The molecule has 0 saturated carbocycles. The van der Waals surface area contributed by atoms with Crippen molar-refractivity contribution in [3.63, 3.8) is 0 Å². The van der Waals surface area contributed by atoms with Gasteiger partial charge in [0.15, 0.2) is 5.12 Å². The lowest BCUT2D eigenvalue weighted by Crippen LogP contribution is -2.19. The smallest absolute Gasteiger partial charge is 0.190 e. The highest BCUT2D eigenvalue weighted by molar-refractivity contribution is 8.15. The standard InChI is InChI=1S/C13H16OS/c1-9-4-6-10(7-5-9)11-8-12(14)15-13(11,2)3/h4-7,11H,8H2,1-3H3. The average molecular weight is 220 g/mol. The number of rotatable bonds is 1. The van der Waals surface area contributed by atoms with Crippen molar-refractivity contribution in [3.8, 4) is 0 Å². The Kier molecular flexibility index (Phi) is 2.63.